The predicted octanol–water partition coefficient (Wildman–Crippen LogP) is -0.956. The average molecular weight is 144 g/mol. The van der Waals surface area contributed by atoms with E-state index in [-0.39, 0.29) is 12.5 Å². The van der Waals surface area contributed by atoms with E-state index in [4.69, 9.17) is 0 Å². The van der Waals surface area contributed by atoms with Crippen molar-refractivity contribution in [2.75, 3.05) is 19.6 Å². The average Bonchev–Trinajstić information content (AvgIpc) is 2.36. The molecule has 10 heavy (non-hydrogen) atoms. The van der Waals surface area contributed by atoms with Gasteiger partial charge in [-0.15, -0.1) is 0 Å². The van der Waals surface area contributed by atoms with Gasteiger partial charge in [-0.3, -0.25) is 4.79 Å². The second kappa shape index (κ2) is 1.69. The lowest BCUT2D eigenvalue weighted by Gasteiger charge is -2.12. The first kappa shape index (κ1) is 6.09. The molecule has 2 N–H and O–H groups in total. The summed E-state index contributed by atoms with van der Waals surface area (Å²) in [5.41, 5.74) is -1.60. The summed E-state index contributed by atoms with van der Waals surface area (Å²) < 4.78 is 13.4. The van der Waals surface area contributed by atoms with Crippen molar-refractivity contribution >= 4 is 5.91 Å². The Labute approximate surface area is 58.0 Å². The number of nitrogens with one attached hydrogen (secondary N) is 2. The maximum atomic E-state index is 13.4. The Bertz CT molecular complexity index is 185. The molecule has 0 radical (unpaired) electrons. The van der Waals surface area contributed by atoms with Gasteiger partial charge in [-0.2, -0.15) is 0 Å². The van der Waals surface area contributed by atoms with Crippen molar-refractivity contribution in [3.8, 4) is 0 Å². The van der Waals surface area contributed by atoms with Crippen molar-refractivity contribution in [3.63, 3.8) is 0 Å². The zero-order valence-electron chi connectivity index (χ0n) is 5.48. The highest BCUT2D eigenvalue weighted by molar-refractivity contribution is 5.88. The Morgan fingerprint density at radius 2 is 2.40 bits per heavy atom. The SMILES string of the molecule is O=C1NC[C@@H]2CNC[C@]12F. The van der Waals surface area contributed by atoms with E-state index in [1.807, 2.05) is 0 Å². The van der Waals surface area contributed by atoms with E-state index in [1.54, 1.807) is 0 Å². The van der Waals surface area contributed by atoms with Gasteiger partial charge in [0.15, 0.2) is 0 Å². The number of fused-ring (bicyclic) bond motifs is 1. The quantitative estimate of drug-likeness (QED) is 0.460. The Morgan fingerprint density at radius 1 is 1.60 bits per heavy atom. The lowest BCUT2D eigenvalue weighted by Crippen LogP contribution is -2.39. The van der Waals surface area contributed by atoms with Gasteiger partial charge in [0.2, 0.25) is 5.67 Å². The van der Waals surface area contributed by atoms with Crippen molar-refractivity contribution in [1.82, 2.24) is 10.6 Å². The molecule has 1 amide bonds. The summed E-state index contributed by atoms with van der Waals surface area (Å²) in [6.45, 7) is 1.29. The van der Waals surface area contributed by atoms with Crippen LogP contribution in [0.15, 0.2) is 0 Å². The van der Waals surface area contributed by atoms with Crippen molar-refractivity contribution in [2.24, 2.45) is 5.92 Å². The zero-order valence-corrected chi connectivity index (χ0v) is 5.48. The van der Waals surface area contributed by atoms with Crippen LogP contribution in [0.1, 0.15) is 0 Å². The second-order valence-corrected chi connectivity index (χ2v) is 2.90. The summed E-state index contributed by atoms with van der Waals surface area (Å²) in [7, 11) is 0. The van der Waals surface area contributed by atoms with Gasteiger partial charge in [-0.1, -0.05) is 0 Å². The molecule has 2 aliphatic heterocycles. The molecule has 2 heterocycles. The van der Waals surface area contributed by atoms with E-state index in [9.17, 15) is 9.18 Å². The number of halogens is 1. The predicted molar refractivity (Wildman–Crippen MR) is 33.2 cm³/mol. The normalized spacial score (nSPS) is 45.3. The second-order valence-electron chi connectivity index (χ2n) is 2.90. The minimum atomic E-state index is -1.60. The number of carbonyl (C=O) groups excluding carboxylic acids is 1. The lowest BCUT2D eigenvalue weighted by atomic mass is 9.97. The Hall–Kier alpha value is -0.640. The van der Waals surface area contributed by atoms with Gasteiger partial charge in [-0.05, 0) is 0 Å². The summed E-state index contributed by atoms with van der Waals surface area (Å²) in [6, 6.07) is 0. The third kappa shape index (κ3) is 0.546. The molecule has 0 aromatic rings. The molecule has 0 bridgehead atoms. The highest BCUT2D eigenvalue weighted by Gasteiger charge is 2.53. The van der Waals surface area contributed by atoms with E-state index in [0.717, 1.165) is 0 Å². The molecule has 0 aromatic heterocycles. The van der Waals surface area contributed by atoms with Gasteiger partial charge in [0, 0.05) is 25.6 Å². The Morgan fingerprint density at radius 3 is 3.10 bits per heavy atom. The fourth-order valence-corrected chi connectivity index (χ4v) is 1.60. The Kier molecular flexibility index (Phi) is 1.03. The van der Waals surface area contributed by atoms with Crippen LogP contribution in [0.25, 0.3) is 0 Å². The van der Waals surface area contributed by atoms with Crippen LogP contribution in [0.3, 0.4) is 0 Å². The van der Waals surface area contributed by atoms with Crippen LogP contribution in [0.5, 0.6) is 0 Å². The summed E-state index contributed by atoms with van der Waals surface area (Å²) in [5, 5.41) is 5.37. The number of alkyl halides is 1. The summed E-state index contributed by atoms with van der Waals surface area (Å²) >= 11 is 0. The standard InChI is InChI=1S/C6H9FN2O/c7-6-3-8-1-4(6)2-9-5(6)10/h4,8H,1-3H2,(H,9,10)/t4-,6+/m0/s1. The largest absolute Gasteiger partial charge is 0.353 e. The van der Waals surface area contributed by atoms with Gasteiger partial charge in [-0.25, -0.2) is 4.39 Å². The molecule has 2 atom stereocenters. The summed E-state index contributed by atoms with van der Waals surface area (Å²) in [6.07, 6.45) is 0. The van der Waals surface area contributed by atoms with Crippen LogP contribution in [0, 0.1) is 5.92 Å². The molecule has 2 aliphatic rings. The minimum absolute atomic E-state index is 0.139. The molecule has 0 aromatic carbocycles. The molecule has 4 heteroatoms. The molecule has 2 fully saturated rings. The van der Waals surface area contributed by atoms with E-state index in [1.165, 1.54) is 0 Å². The van der Waals surface area contributed by atoms with Crippen molar-refractivity contribution in [1.29, 1.82) is 0 Å². The molecule has 0 spiro atoms. The van der Waals surface area contributed by atoms with Crippen LogP contribution < -0.4 is 10.6 Å². The molecular formula is C6H9FN2O. The summed E-state index contributed by atoms with van der Waals surface area (Å²) in [4.78, 5) is 10.9. The number of rotatable bonds is 0. The smallest absolute Gasteiger partial charge is 0.259 e. The maximum Gasteiger partial charge on any atom is 0.259 e. The topological polar surface area (TPSA) is 41.1 Å². The van der Waals surface area contributed by atoms with Gasteiger partial charge in [0.05, 0.1) is 0 Å². The molecule has 0 aliphatic carbocycles. The fourth-order valence-electron chi connectivity index (χ4n) is 1.60. The van der Waals surface area contributed by atoms with Gasteiger partial charge >= 0.3 is 0 Å². The number of carbonyl (C=O) groups is 1. The first-order valence-corrected chi connectivity index (χ1v) is 3.41. The number of hydrogen-bond acceptors (Lipinski definition) is 2. The van der Waals surface area contributed by atoms with E-state index >= 15 is 0 Å². The van der Waals surface area contributed by atoms with Crippen molar-refractivity contribution in [3.05, 3.63) is 0 Å². The van der Waals surface area contributed by atoms with Crippen LogP contribution in [0.2, 0.25) is 0 Å². The number of amides is 1. The summed E-state index contributed by atoms with van der Waals surface area (Å²) in [5.74, 6) is -0.581. The molecule has 0 unspecified atom stereocenters. The van der Waals surface area contributed by atoms with Gasteiger partial charge in [0.1, 0.15) is 0 Å². The van der Waals surface area contributed by atoms with E-state index in [0.29, 0.717) is 13.1 Å². The molecule has 2 saturated heterocycles. The van der Waals surface area contributed by atoms with E-state index in [2.05, 4.69) is 10.6 Å². The molecule has 3 nitrogen and oxygen atoms in total. The maximum absolute atomic E-state index is 13.4. The minimum Gasteiger partial charge on any atom is -0.353 e. The van der Waals surface area contributed by atoms with Crippen LogP contribution in [0.4, 0.5) is 4.39 Å². The zero-order chi connectivity index (χ0) is 7.19. The first-order chi connectivity index (χ1) is 4.73. The van der Waals surface area contributed by atoms with E-state index < -0.39 is 11.6 Å². The highest BCUT2D eigenvalue weighted by atomic mass is 19.1. The third-order valence-electron chi connectivity index (χ3n) is 2.31. The van der Waals surface area contributed by atoms with Gasteiger partial charge < -0.3 is 10.6 Å². The molecular weight excluding hydrogens is 135 g/mol. The lowest BCUT2D eigenvalue weighted by molar-refractivity contribution is -0.129. The van der Waals surface area contributed by atoms with Crippen LogP contribution in [-0.2, 0) is 4.79 Å². The van der Waals surface area contributed by atoms with Crippen molar-refractivity contribution in [2.45, 2.75) is 5.67 Å². The van der Waals surface area contributed by atoms with Crippen LogP contribution >= 0.6 is 0 Å². The first-order valence-electron chi connectivity index (χ1n) is 3.41. The van der Waals surface area contributed by atoms with Gasteiger partial charge in [0.25, 0.3) is 5.91 Å². The Balaban J connectivity index is 2.30. The van der Waals surface area contributed by atoms with Crippen LogP contribution in [-0.4, -0.2) is 31.2 Å². The number of hydrogen-bond donors (Lipinski definition) is 2. The third-order valence-corrected chi connectivity index (χ3v) is 2.31. The highest BCUT2D eigenvalue weighted by Crippen LogP contribution is 2.30. The molecule has 2 rings (SSSR count). The molecule has 0 saturated carbocycles. The fraction of sp³-hybridized carbons (Fsp3) is 0.833. The van der Waals surface area contributed by atoms with Crippen molar-refractivity contribution < 1.29 is 9.18 Å². The monoisotopic (exact) mass is 144 g/mol. The molecule has 56 valence electrons.